The number of amides is 2. The van der Waals surface area contributed by atoms with Gasteiger partial charge in [0.1, 0.15) is 17.3 Å². The van der Waals surface area contributed by atoms with Crippen molar-refractivity contribution < 1.29 is 23.1 Å². The molecule has 6 nitrogen and oxygen atoms in total. The van der Waals surface area contributed by atoms with Crippen molar-refractivity contribution in [1.82, 2.24) is 10.2 Å². The molecule has 0 saturated carbocycles. The van der Waals surface area contributed by atoms with Crippen molar-refractivity contribution in [3.8, 4) is 0 Å². The Morgan fingerprint density at radius 2 is 1.85 bits per heavy atom. The van der Waals surface area contributed by atoms with Gasteiger partial charge in [0.05, 0.1) is 18.6 Å². The largest absolute Gasteiger partial charge is 0.384 e. The van der Waals surface area contributed by atoms with Crippen molar-refractivity contribution in [3.63, 3.8) is 0 Å². The van der Waals surface area contributed by atoms with E-state index in [2.05, 4.69) is 10.6 Å². The summed E-state index contributed by atoms with van der Waals surface area (Å²) in [6.45, 7) is 3.45. The van der Waals surface area contributed by atoms with Crippen LogP contribution >= 0.6 is 12.4 Å². The molecular formula is C18H26ClF2N3O3. The summed E-state index contributed by atoms with van der Waals surface area (Å²) in [5.41, 5.74) is -1.19. The number of nitrogens with zero attached hydrogens (tertiary/aromatic N) is 1. The van der Waals surface area contributed by atoms with Crippen LogP contribution in [-0.2, 0) is 14.3 Å². The summed E-state index contributed by atoms with van der Waals surface area (Å²) < 4.78 is 32.6. The average Bonchev–Trinajstić information content (AvgIpc) is 2.63. The molecule has 0 aliphatic carbocycles. The lowest BCUT2D eigenvalue weighted by Gasteiger charge is -2.39. The zero-order valence-electron chi connectivity index (χ0n) is 15.5. The van der Waals surface area contributed by atoms with Crippen molar-refractivity contribution in [2.75, 3.05) is 45.2 Å². The number of carbonyl (C=O) groups is 2. The number of likely N-dealkylation sites (N-methyl/N-ethyl adjacent to an activating group) is 1. The highest BCUT2D eigenvalue weighted by Crippen LogP contribution is 2.31. The van der Waals surface area contributed by atoms with E-state index in [1.54, 1.807) is 14.0 Å². The normalized spacial score (nSPS) is 15.6. The van der Waals surface area contributed by atoms with Gasteiger partial charge in [0, 0.05) is 13.7 Å². The Morgan fingerprint density at radius 1 is 1.26 bits per heavy atom. The summed E-state index contributed by atoms with van der Waals surface area (Å²) in [4.78, 5) is 26.7. The highest BCUT2D eigenvalue weighted by molar-refractivity contribution is 5.95. The van der Waals surface area contributed by atoms with Gasteiger partial charge < -0.3 is 20.3 Å². The van der Waals surface area contributed by atoms with Crippen LogP contribution in [0.1, 0.15) is 19.8 Å². The number of rotatable bonds is 7. The minimum Gasteiger partial charge on any atom is -0.384 e. The van der Waals surface area contributed by atoms with Gasteiger partial charge in [-0.2, -0.15) is 0 Å². The summed E-state index contributed by atoms with van der Waals surface area (Å²) in [6, 6.07) is 3.34. The van der Waals surface area contributed by atoms with Crippen LogP contribution in [0, 0.1) is 17.0 Å². The van der Waals surface area contributed by atoms with Crippen LogP contribution < -0.4 is 10.6 Å². The third-order valence-corrected chi connectivity index (χ3v) is 4.67. The van der Waals surface area contributed by atoms with E-state index in [4.69, 9.17) is 4.74 Å². The SMILES string of the molecule is CCN(CC(=O)Nc1c(F)cccc1F)C(=O)C1(COC)CCNCC1.Cl. The van der Waals surface area contributed by atoms with Crippen LogP contribution in [0.3, 0.4) is 0 Å². The second-order valence-electron chi connectivity index (χ2n) is 6.43. The predicted molar refractivity (Wildman–Crippen MR) is 101 cm³/mol. The molecule has 0 radical (unpaired) electrons. The fraction of sp³-hybridized carbons (Fsp3) is 0.556. The maximum absolute atomic E-state index is 13.7. The second-order valence-corrected chi connectivity index (χ2v) is 6.43. The summed E-state index contributed by atoms with van der Waals surface area (Å²) >= 11 is 0. The van der Waals surface area contributed by atoms with E-state index in [-0.39, 0.29) is 31.5 Å². The number of hydrogen-bond acceptors (Lipinski definition) is 4. The van der Waals surface area contributed by atoms with E-state index in [9.17, 15) is 18.4 Å². The molecule has 0 unspecified atom stereocenters. The highest BCUT2D eigenvalue weighted by Gasteiger charge is 2.42. The second kappa shape index (κ2) is 10.5. The molecule has 0 bridgehead atoms. The average molecular weight is 406 g/mol. The summed E-state index contributed by atoms with van der Waals surface area (Å²) in [7, 11) is 1.54. The maximum atomic E-state index is 13.7. The lowest BCUT2D eigenvalue weighted by atomic mass is 9.78. The Hall–Kier alpha value is -1.77. The zero-order chi connectivity index (χ0) is 19.2. The van der Waals surface area contributed by atoms with Crippen molar-refractivity contribution in [2.24, 2.45) is 5.41 Å². The number of ether oxygens (including phenoxy) is 1. The van der Waals surface area contributed by atoms with Gasteiger partial charge in [0.25, 0.3) is 0 Å². The molecule has 0 atom stereocenters. The molecule has 27 heavy (non-hydrogen) atoms. The van der Waals surface area contributed by atoms with Gasteiger partial charge in [0.2, 0.25) is 11.8 Å². The first-order valence-corrected chi connectivity index (χ1v) is 8.66. The quantitative estimate of drug-likeness (QED) is 0.729. The van der Waals surface area contributed by atoms with Gasteiger partial charge in [-0.15, -0.1) is 12.4 Å². The lowest BCUT2D eigenvalue weighted by Crippen LogP contribution is -2.53. The van der Waals surface area contributed by atoms with Gasteiger partial charge in [0.15, 0.2) is 0 Å². The number of para-hydroxylation sites is 1. The molecule has 2 amide bonds. The molecule has 1 aromatic carbocycles. The first-order chi connectivity index (χ1) is 12.4. The van der Waals surface area contributed by atoms with E-state index in [0.29, 0.717) is 32.5 Å². The van der Waals surface area contributed by atoms with Crippen LogP contribution in [0.4, 0.5) is 14.5 Å². The number of benzene rings is 1. The fourth-order valence-electron chi connectivity index (χ4n) is 3.23. The first-order valence-electron chi connectivity index (χ1n) is 8.66. The fourth-order valence-corrected chi connectivity index (χ4v) is 3.23. The minimum absolute atomic E-state index is 0. The molecular weight excluding hydrogens is 380 g/mol. The Balaban J connectivity index is 0.00000364. The minimum atomic E-state index is -0.859. The summed E-state index contributed by atoms with van der Waals surface area (Å²) in [5, 5.41) is 5.43. The molecule has 1 aliphatic rings. The van der Waals surface area contributed by atoms with Crippen LogP contribution in [0.5, 0.6) is 0 Å². The molecule has 2 rings (SSSR count). The van der Waals surface area contributed by atoms with Crippen LogP contribution in [0.2, 0.25) is 0 Å². The van der Waals surface area contributed by atoms with Gasteiger partial charge >= 0.3 is 0 Å². The number of carbonyl (C=O) groups excluding carboxylic acids is 2. The molecule has 0 aromatic heterocycles. The van der Waals surface area contributed by atoms with Gasteiger partial charge in [-0.25, -0.2) is 8.78 Å². The van der Waals surface area contributed by atoms with Crippen molar-refractivity contribution in [3.05, 3.63) is 29.8 Å². The Kier molecular flexibility index (Phi) is 9.08. The summed E-state index contributed by atoms with van der Waals surface area (Å²) in [5.74, 6) is -2.54. The van der Waals surface area contributed by atoms with Crippen molar-refractivity contribution in [1.29, 1.82) is 0 Å². The number of anilines is 1. The molecule has 1 saturated heterocycles. The van der Waals surface area contributed by atoms with Crippen LogP contribution in [0.15, 0.2) is 18.2 Å². The molecule has 1 aliphatic heterocycles. The van der Waals surface area contributed by atoms with E-state index in [1.807, 2.05) is 0 Å². The molecule has 152 valence electrons. The van der Waals surface area contributed by atoms with E-state index in [1.165, 1.54) is 11.0 Å². The van der Waals surface area contributed by atoms with Gasteiger partial charge in [-0.3, -0.25) is 9.59 Å². The zero-order valence-corrected chi connectivity index (χ0v) is 16.3. The van der Waals surface area contributed by atoms with Crippen molar-refractivity contribution in [2.45, 2.75) is 19.8 Å². The number of methoxy groups -OCH3 is 1. The van der Waals surface area contributed by atoms with E-state index < -0.39 is 28.6 Å². The highest BCUT2D eigenvalue weighted by atomic mass is 35.5. The molecule has 1 aromatic rings. The predicted octanol–water partition coefficient (Wildman–Crippen LogP) is 2.19. The Morgan fingerprint density at radius 3 is 2.37 bits per heavy atom. The van der Waals surface area contributed by atoms with Gasteiger partial charge in [-0.1, -0.05) is 6.07 Å². The monoisotopic (exact) mass is 405 g/mol. The van der Waals surface area contributed by atoms with Crippen molar-refractivity contribution >= 4 is 29.9 Å². The molecule has 9 heteroatoms. The standard InChI is InChI=1S/C18H25F2N3O3.ClH/c1-3-23(17(25)18(12-26-2)7-9-21-10-8-18)11-15(24)22-16-13(19)5-4-6-14(16)20;/h4-6,21H,3,7-12H2,1-2H3,(H,22,24);1H. The molecule has 1 heterocycles. The third kappa shape index (κ3) is 5.60. The molecule has 0 spiro atoms. The number of nitrogens with one attached hydrogen (secondary N) is 2. The van der Waals surface area contributed by atoms with Gasteiger partial charge in [-0.05, 0) is 45.0 Å². The number of halogens is 3. The first kappa shape index (κ1) is 23.3. The Bertz CT molecular complexity index is 629. The number of piperidine rings is 1. The molecule has 1 fully saturated rings. The number of hydrogen-bond donors (Lipinski definition) is 2. The summed E-state index contributed by atoms with van der Waals surface area (Å²) in [6.07, 6.45) is 1.22. The molecule has 2 N–H and O–H groups in total. The Labute approximate surface area is 164 Å². The van der Waals surface area contributed by atoms with E-state index >= 15 is 0 Å². The van der Waals surface area contributed by atoms with Crippen LogP contribution in [0.25, 0.3) is 0 Å². The third-order valence-electron chi connectivity index (χ3n) is 4.67. The van der Waals surface area contributed by atoms with Crippen LogP contribution in [-0.4, -0.2) is 56.6 Å². The topological polar surface area (TPSA) is 70.7 Å². The van der Waals surface area contributed by atoms with E-state index in [0.717, 1.165) is 12.1 Å². The smallest absolute Gasteiger partial charge is 0.244 e. The maximum Gasteiger partial charge on any atom is 0.244 e. The lowest BCUT2D eigenvalue weighted by molar-refractivity contribution is -0.149.